The molecule has 0 aliphatic rings. The first-order valence-electron chi connectivity index (χ1n) is 13.7. The van der Waals surface area contributed by atoms with Crippen molar-refractivity contribution in [1.29, 1.82) is 0 Å². The van der Waals surface area contributed by atoms with Gasteiger partial charge in [0, 0.05) is 18.8 Å². The molecule has 0 atom stereocenters. The Hall–Kier alpha value is -1.51. The molecule has 0 spiro atoms. The third-order valence-electron chi connectivity index (χ3n) is 6.31. The van der Waals surface area contributed by atoms with Gasteiger partial charge in [0.05, 0.1) is 12.2 Å². The van der Waals surface area contributed by atoms with Crippen LogP contribution in [0.15, 0.2) is 24.3 Å². The number of ether oxygens (including phenoxy) is 1. The first-order chi connectivity index (χ1) is 15.7. The molecule has 0 fully saturated rings. The smallest absolute Gasteiger partial charge is 0.338 e. The van der Waals surface area contributed by atoms with Crippen molar-refractivity contribution in [3.8, 4) is 0 Å². The van der Waals surface area contributed by atoms with Gasteiger partial charge in [-0.15, -0.1) is 0 Å². The topological polar surface area (TPSA) is 29.5 Å². The van der Waals surface area contributed by atoms with Gasteiger partial charge in [0.1, 0.15) is 0 Å². The molecular formula is C29H51NO2. The van der Waals surface area contributed by atoms with E-state index in [2.05, 4.69) is 30.9 Å². The van der Waals surface area contributed by atoms with Crippen molar-refractivity contribution in [1.82, 2.24) is 0 Å². The van der Waals surface area contributed by atoms with Crippen LogP contribution in [-0.2, 0) is 4.74 Å². The molecule has 0 aromatic heterocycles. The zero-order valence-electron chi connectivity index (χ0n) is 21.5. The van der Waals surface area contributed by atoms with Gasteiger partial charge in [-0.1, -0.05) is 104 Å². The summed E-state index contributed by atoms with van der Waals surface area (Å²) in [5.41, 5.74) is 1.89. The molecule has 0 bridgehead atoms. The molecule has 0 aliphatic carbocycles. The van der Waals surface area contributed by atoms with Crippen LogP contribution in [0, 0.1) is 0 Å². The highest BCUT2D eigenvalue weighted by Gasteiger charge is 2.10. The summed E-state index contributed by atoms with van der Waals surface area (Å²) in [6.45, 7) is 9.06. The van der Waals surface area contributed by atoms with Crippen LogP contribution in [0.5, 0.6) is 0 Å². The van der Waals surface area contributed by atoms with Crippen LogP contribution in [0.3, 0.4) is 0 Å². The van der Waals surface area contributed by atoms with Gasteiger partial charge in [-0.3, -0.25) is 0 Å². The Morgan fingerprint density at radius 1 is 0.625 bits per heavy atom. The first kappa shape index (κ1) is 28.5. The molecule has 0 N–H and O–H groups in total. The summed E-state index contributed by atoms with van der Waals surface area (Å²) < 4.78 is 5.13. The fourth-order valence-electron chi connectivity index (χ4n) is 4.27. The molecule has 0 radical (unpaired) electrons. The standard InChI is InChI=1S/C29H51NO2/c1-4-7-9-11-13-15-17-19-25-30(26-20-18-16-14-12-10-8-5-2)28-23-21-27(22-24-28)29(31)32-6-3/h21-24H,4-20,25-26H2,1-3H3. The molecule has 0 amide bonds. The second-order valence-corrected chi connectivity index (χ2v) is 9.20. The molecule has 3 nitrogen and oxygen atoms in total. The Bertz CT molecular complexity index is 535. The summed E-state index contributed by atoms with van der Waals surface area (Å²) in [4.78, 5) is 14.5. The second kappa shape index (κ2) is 20.1. The van der Waals surface area contributed by atoms with Crippen LogP contribution < -0.4 is 4.90 Å². The lowest BCUT2D eigenvalue weighted by Gasteiger charge is -2.25. The van der Waals surface area contributed by atoms with Gasteiger partial charge in [0.2, 0.25) is 0 Å². The summed E-state index contributed by atoms with van der Waals surface area (Å²) in [7, 11) is 0. The van der Waals surface area contributed by atoms with E-state index in [0.717, 1.165) is 13.1 Å². The van der Waals surface area contributed by atoms with Crippen molar-refractivity contribution in [3.63, 3.8) is 0 Å². The molecular weight excluding hydrogens is 394 g/mol. The van der Waals surface area contributed by atoms with Gasteiger partial charge >= 0.3 is 5.97 Å². The number of carbonyl (C=O) groups is 1. The minimum absolute atomic E-state index is 0.225. The molecule has 1 aromatic carbocycles. The second-order valence-electron chi connectivity index (χ2n) is 9.20. The van der Waals surface area contributed by atoms with Crippen molar-refractivity contribution in [2.45, 2.75) is 124 Å². The Balaban J connectivity index is 2.44. The largest absolute Gasteiger partial charge is 0.462 e. The van der Waals surface area contributed by atoms with Crippen LogP contribution >= 0.6 is 0 Å². The van der Waals surface area contributed by atoms with E-state index in [4.69, 9.17) is 4.74 Å². The van der Waals surface area contributed by atoms with Crippen LogP contribution in [0.25, 0.3) is 0 Å². The van der Waals surface area contributed by atoms with Crippen LogP contribution in [0.1, 0.15) is 134 Å². The molecule has 0 heterocycles. The van der Waals surface area contributed by atoms with Gasteiger partial charge in [0.25, 0.3) is 0 Å². The molecule has 0 saturated carbocycles. The van der Waals surface area contributed by atoms with Crippen molar-refractivity contribution in [3.05, 3.63) is 29.8 Å². The van der Waals surface area contributed by atoms with E-state index < -0.39 is 0 Å². The maximum absolute atomic E-state index is 12.0. The van der Waals surface area contributed by atoms with E-state index in [-0.39, 0.29) is 5.97 Å². The fraction of sp³-hybridized carbons (Fsp3) is 0.759. The molecule has 32 heavy (non-hydrogen) atoms. The monoisotopic (exact) mass is 445 g/mol. The highest BCUT2D eigenvalue weighted by molar-refractivity contribution is 5.89. The van der Waals surface area contributed by atoms with Gasteiger partial charge in [-0.25, -0.2) is 4.79 Å². The van der Waals surface area contributed by atoms with E-state index >= 15 is 0 Å². The predicted molar refractivity (Wildman–Crippen MR) is 140 cm³/mol. The zero-order chi connectivity index (χ0) is 23.3. The predicted octanol–water partition coefficient (Wildman–Crippen LogP) is 8.95. The van der Waals surface area contributed by atoms with Crippen LogP contribution in [-0.4, -0.2) is 25.7 Å². The molecule has 1 rings (SSSR count). The van der Waals surface area contributed by atoms with Crippen molar-refractivity contribution in [2.75, 3.05) is 24.6 Å². The van der Waals surface area contributed by atoms with Gasteiger partial charge in [-0.2, -0.15) is 0 Å². The number of esters is 1. The third kappa shape index (κ3) is 13.8. The Morgan fingerprint density at radius 2 is 1.03 bits per heavy atom. The SMILES string of the molecule is CCCCCCCCCCN(CCCCCCCCCC)c1ccc(C(=O)OCC)cc1. The molecule has 3 heteroatoms. The van der Waals surface area contributed by atoms with E-state index in [0.29, 0.717) is 12.2 Å². The molecule has 0 aliphatic heterocycles. The number of rotatable bonds is 21. The lowest BCUT2D eigenvalue weighted by molar-refractivity contribution is 0.0526. The van der Waals surface area contributed by atoms with E-state index in [9.17, 15) is 4.79 Å². The summed E-state index contributed by atoms with van der Waals surface area (Å²) in [5, 5.41) is 0. The van der Waals surface area contributed by atoms with Crippen molar-refractivity contribution >= 4 is 11.7 Å². The van der Waals surface area contributed by atoms with Crippen LogP contribution in [0.2, 0.25) is 0 Å². The summed E-state index contributed by atoms with van der Waals surface area (Å²) >= 11 is 0. The van der Waals surface area contributed by atoms with Crippen molar-refractivity contribution < 1.29 is 9.53 Å². The number of hydrogen-bond acceptors (Lipinski definition) is 3. The third-order valence-corrected chi connectivity index (χ3v) is 6.31. The number of benzene rings is 1. The highest BCUT2D eigenvalue weighted by atomic mass is 16.5. The minimum Gasteiger partial charge on any atom is -0.462 e. The molecule has 184 valence electrons. The average Bonchev–Trinajstić information content (AvgIpc) is 2.81. The Morgan fingerprint density at radius 3 is 1.44 bits per heavy atom. The Kier molecular flexibility index (Phi) is 17.9. The van der Waals surface area contributed by atoms with Gasteiger partial charge < -0.3 is 9.64 Å². The first-order valence-corrected chi connectivity index (χ1v) is 13.7. The zero-order valence-corrected chi connectivity index (χ0v) is 21.5. The highest BCUT2D eigenvalue weighted by Crippen LogP contribution is 2.19. The number of anilines is 1. The lowest BCUT2D eigenvalue weighted by atomic mass is 10.1. The summed E-state index contributed by atoms with van der Waals surface area (Å²) in [6.07, 6.45) is 21.6. The van der Waals surface area contributed by atoms with Crippen molar-refractivity contribution in [2.24, 2.45) is 0 Å². The Labute approximate surface area is 199 Å². The molecule has 1 aromatic rings. The number of carbonyl (C=O) groups excluding carboxylic acids is 1. The quantitative estimate of drug-likeness (QED) is 0.140. The maximum Gasteiger partial charge on any atom is 0.338 e. The minimum atomic E-state index is -0.225. The summed E-state index contributed by atoms with van der Waals surface area (Å²) in [5.74, 6) is -0.225. The lowest BCUT2D eigenvalue weighted by Crippen LogP contribution is -2.25. The molecule has 0 saturated heterocycles. The number of hydrogen-bond donors (Lipinski definition) is 0. The van der Waals surface area contributed by atoms with Crippen LogP contribution in [0.4, 0.5) is 5.69 Å². The van der Waals surface area contributed by atoms with E-state index in [1.54, 1.807) is 0 Å². The van der Waals surface area contributed by atoms with Gasteiger partial charge in [-0.05, 0) is 44.0 Å². The summed E-state index contributed by atoms with van der Waals surface area (Å²) in [6, 6.07) is 8.03. The normalized spacial score (nSPS) is 11.0. The van der Waals surface area contributed by atoms with Gasteiger partial charge in [0.15, 0.2) is 0 Å². The van der Waals surface area contributed by atoms with E-state index in [1.807, 2.05) is 19.1 Å². The van der Waals surface area contributed by atoms with E-state index in [1.165, 1.54) is 108 Å². The average molecular weight is 446 g/mol. The molecule has 0 unspecified atom stereocenters. The number of nitrogens with zero attached hydrogens (tertiary/aromatic N) is 1. The number of unbranched alkanes of at least 4 members (excludes halogenated alkanes) is 14. The maximum atomic E-state index is 12.0. The fourth-order valence-corrected chi connectivity index (χ4v) is 4.27.